The molecular formula is C32H29N5O10. The predicted octanol–water partition coefficient (Wildman–Crippen LogP) is 4.07. The molecule has 15 nitrogen and oxygen atoms in total. The monoisotopic (exact) mass is 643 g/mol. The molecule has 0 saturated carbocycles. The van der Waals surface area contributed by atoms with E-state index in [-0.39, 0.29) is 46.6 Å². The Morgan fingerprint density at radius 3 is 1.28 bits per heavy atom. The first-order valence-corrected chi connectivity index (χ1v) is 14.2. The number of imidazole rings is 2. The summed E-state index contributed by atoms with van der Waals surface area (Å²) in [6, 6.07) is 8.97. The van der Waals surface area contributed by atoms with Crippen LogP contribution in [0.1, 0.15) is 45.0 Å². The first kappa shape index (κ1) is 32.3. The summed E-state index contributed by atoms with van der Waals surface area (Å²) >= 11 is 0. The van der Waals surface area contributed by atoms with Crippen LogP contribution in [0.3, 0.4) is 0 Å². The molecule has 0 radical (unpaired) electrons. The van der Waals surface area contributed by atoms with Gasteiger partial charge in [0.2, 0.25) is 0 Å². The van der Waals surface area contributed by atoms with Crippen molar-refractivity contribution >= 4 is 51.9 Å². The molecule has 242 valence electrons. The molecule has 3 heterocycles. The van der Waals surface area contributed by atoms with Crippen molar-refractivity contribution in [1.29, 1.82) is 0 Å². The highest BCUT2D eigenvalue weighted by Crippen LogP contribution is 2.37. The molecule has 0 N–H and O–H groups in total. The third-order valence-electron chi connectivity index (χ3n) is 6.70. The van der Waals surface area contributed by atoms with Gasteiger partial charge in [0, 0.05) is 66.1 Å². The average molecular weight is 644 g/mol. The van der Waals surface area contributed by atoms with Gasteiger partial charge in [-0.2, -0.15) is 0 Å². The van der Waals surface area contributed by atoms with Gasteiger partial charge in [-0.15, -0.1) is 0 Å². The van der Waals surface area contributed by atoms with Gasteiger partial charge >= 0.3 is 29.8 Å². The molecule has 3 aromatic heterocycles. The fraction of sp³-hybridized carbons (Fsp3) is 0.250. The number of carbonyl (C=O) groups is 5. The molecule has 0 amide bonds. The maximum atomic E-state index is 13.0. The lowest BCUT2D eigenvalue weighted by Crippen LogP contribution is -2.08. The Morgan fingerprint density at radius 1 is 0.574 bits per heavy atom. The predicted molar refractivity (Wildman–Crippen MR) is 165 cm³/mol. The number of hydrogen-bond donors (Lipinski definition) is 0. The summed E-state index contributed by atoms with van der Waals surface area (Å²) in [4.78, 5) is 74.2. The summed E-state index contributed by atoms with van der Waals surface area (Å²) in [7, 11) is 3.41. The number of esters is 5. The van der Waals surface area contributed by atoms with E-state index in [1.165, 1.54) is 64.1 Å². The average Bonchev–Trinajstić information content (AvgIpc) is 3.47. The van der Waals surface area contributed by atoms with Crippen LogP contribution in [0.15, 0.2) is 36.4 Å². The number of fused-ring (bicyclic) bond motifs is 2. The number of benzene rings is 2. The SMILES string of the molecule is CCOC(=O)c1cc(-c2nc3cc(OC(C)=O)c(OC(C)=O)cc3n2C)nc(-c2nc3cc(OC(C)=O)c(OC(C)=O)cc3n2C)c1. The summed E-state index contributed by atoms with van der Waals surface area (Å²) < 4.78 is 29.7. The van der Waals surface area contributed by atoms with Crippen molar-refractivity contribution in [3.05, 3.63) is 42.0 Å². The maximum absolute atomic E-state index is 13.0. The van der Waals surface area contributed by atoms with Gasteiger partial charge < -0.3 is 32.8 Å². The topological polar surface area (TPSA) is 180 Å². The second kappa shape index (κ2) is 12.7. The maximum Gasteiger partial charge on any atom is 0.338 e. The van der Waals surface area contributed by atoms with Gasteiger partial charge in [-0.25, -0.2) is 19.7 Å². The Bertz CT molecular complexity index is 1990. The second-order valence-electron chi connectivity index (χ2n) is 10.3. The van der Waals surface area contributed by atoms with Gasteiger partial charge in [0.05, 0.1) is 34.2 Å². The molecule has 5 rings (SSSR count). The number of pyridine rings is 1. The number of carbonyl (C=O) groups excluding carboxylic acids is 5. The molecular weight excluding hydrogens is 614 g/mol. The normalized spacial score (nSPS) is 11.0. The molecule has 2 aromatic carbocycles. The Labute approximate surface area is 267 Å². The van der Waals surface area contributed by atoms with Gasteiger partial charge in [-0.1, -0.05) is 0 Å². The minimum absolute atomic E-state index is 0.000262. The molecule has 47 heavy (non-hydrogen) atoms. The number of ether oxygens (including phenoxy) is 5. The Hall–Kier alpha value is -6.12. The molecule has 0 atom stereocenters. The first-order valence-electron chi connectivity index (χ1n) is 14.2. The Morgan fingerprint density at radius 2 is 0.936 bits per heavy atom. The minimum Gasteiger partial charge on any atom is -0.462 e. The molecule has 0 unspecified atom stereocenters. The number of aryl methyl sites for hydroxylation is 2. The lowest BCUT2D eigenvalue weighted by Gasteiger charge is -2.10. The largest absolute Gasteiger partial charge is 0.462 e. The lowest BCUT2D eigenvalue weighted by atomic mass is 10.1. The Kier molecular flexibility index (Phi) is 8.73. The van der Waals surface area contributed by atoms with E-state index in [9.17, 15) is 24.0 Å². The molecule has 0 aliphatic heterocycles. The van der Waals surface area contributed by atoms with E-state index in [1.54, 1.807) is 30.2 Å². The van der Waals surface area contributed by atoms with Crippen molar-refractivity contribution in [2.45, 2.75) is 34.6 Å². The fourth-order valence-electron chi connectivity index (χ4n) is 4.89. The van der Waals surface area contributed by atoms with Crippen molar-refractivity contribution in [1.82, 2.24) is 24.1 Å². The van der Waals surface area contributed by atoms with Crippen LogP contribution in [-0.2, 0) is 38.0 Å². The van der Waals surface area contributed by atoms with Crippen LogP contribution in [0.4, 0.5) is 0 Å². The zero-order valence-corrected chi connectivity index (χ0v) is 26.5. The minimum atomic E-state index is -0.621. The van der Waals surface area contributed by atoms with Crippen LogP contribution in [-0.4, -0.2) is 60.5 Å². The summed E-state index contributed by atoms with van der Waals surface area (Å²) in [5, 5.41) is 0. The number of hydrogen-bond acceptors (Lipinski definition) is 13. The third-order valence-corrected chi connectivity index (χ3v) is 6.70. The van der Waals surface area contributed by atoms with Gasteiger partial charge in [-0.3, -0.25) is 19.2 Å². The van der Waals surface area contributed by atoms with Crippen LogP contribution < -0.4 is 18.9 Å². The molecule has 0 saturated heterocycles. The van der Waals surface area contributed by atoms with Gasteiger partial charge in [0.15, 0.2) is 34.6 Å². The molecule has 0 aliphatic rings. The van der Waals surface area contributed by atoms with E-state index in [0.29, 0.717) is 33.7 Å². The zero-order valence-electron chi connectivity index (χ0n) is 26.5. The number of rotatable bonds is 8. The van der Waals surface area contributed by atoms with Crippen molar-refractivity contribution in [3.63, 3.8) is 0 Å². The summed E-state index contributed by atoms with van der Waals surface area (Å²) in [5.41, 5.74) is 2.48. The van der Waals surface area contributed by atoms with Crippen molar-refractivity contribution in [2.75, 3.05) is 6.61 Å². The van der Waals surface area contributed by atoms with Crippen molar-refractivity contribution < 1.29 is 47.7 Å². The number of nitrogens with zero attached hydrogens (tertiary/aromatic N) is 5. The van der Waals surface area contributed by atoms with E-state index < -0.39 is 29.8 Å². The molecule has 0 bridgehead atoms. The van der Waals surface area contributed by atoms with Crippen LogP contribution >= 0.6 is 0 Å². The number of aromatic nitrogens is 5. The van der Waals surface area contributed by atoms with Crippen molar-refractivity contribution in [3.8, 4) is 46.0 Å². The lowest BCUT2D eigenvalue weighted by molar-refractivity contribution is -0.134. The summed E-state index contributed by atoms with van der Waals surface area (Å²) in [6.07, 6.45) is 0. The second-order valence-corrected chi connectivity index (χ2v) is 10.3. The summed E-state index contributed by atoms with van der Waals surface area (Å²) in [5.74, 6) is -2.42. The molecule has 5 aromatic rings. The van der Waals surface area contributed by atoms with Crippen LogP contribution in [0.2, 0.25) is 0 Å². The highest BCUT2D eigenvalue weighted by Gasteiger charge is 2.23. The van der Waals surface area contributed by atoms with Crippen LogP contribution in [0.25, 0.3) is 45.1 Å². The molecule has 15 heteroatoms. The van der Waals surface area contributed by atoms with E-state index >= 15 is 0 Å². The van der Waals surface area contributed by atoms with E-state index in [0.717, 1.165) is 0 Å². The molecule has 0 aliphatic carbocycles. The quantitative estimate of drug-likeness (QED) is 0.175. The highest BCUT2D eigenvalue weighted by molar-refractivity contribution is 5.93. The van der Waals surface area contributed by atoms with E-state index in [1.807, 2.05) is 0 Å². The fourth-order valence-corrected chi connectivity index (χ4v) is 4.89. The van der Waals surface area contributed by atoms with Gasteiger partial charge in [0.1, 0.15) is 11.4 Å². The van der Waals surface area contributed by atoms with Crippen LogP contribution in [0, 0.1) is 0 Å². The highest BCUT2D eigenvalue weighted by atomic mass is 16.6. The van der Waals surface area contributed by atoms with Gasteiger partial charge in [-0.05, 0) is 19.1 Å². The van der Waals surface area contributed by atoms with Crippen molar-refractivity contribution in [2.24, 2.45) is 14.1 Å². The van der Waals surface area contributed by atoms with Crippen LogP contribution in [0.5, 0.6) is 23.0 Å². The summed E-state index contributed by atoms with van der Waals surface area (Å²) in [6.45, 7) is 6.68. The standard InChI is InChI=1S/C32H29N5O10/c1-8-43-32(42)19-9-22(30-34-20-11-26(44-15(2)38)28(46-17(4)40)13-24(20)36(30)6)33-23(10-19)31-35-21-12-27(45-16(3)39)29(47-18(5)41)14-25(21)37(31)7/h9-14H,8H2,1-7H3. The third kappa shape index (κ3) is 6.63. The first-order chi connectivity index (χ1) is 22.2. The van der Waals surface area contributed by atoms with Gasteiger partial charge in [0.25, 0.3) is 0 Å². The molecule has 0 spiro atoms. The smallest absolute Gasteiger partial charge is 0.338 e. The Balaban J connectivity index is 1.71. The van der Waals surface area contributed by atoms with E-state index in [2.05, 4.69) is 9.97 Å². The molecule has 0 fully saturated rings. The van der Waals surface area contributed by atoms with E-state index in [4.69, 9.17) is 28.7 Å². The zero-order chi connectivity index (χ0) is 34.2.